The van der Waals surface area contributed by atoms with Crippen LogP contribution in [-0.2, 0) is 0 Å². The van der Waals surface area contributed by atoms with Gasteiger partial charge in [-0.05, 0) is 24.6 Å². The highest BCUT2D eigenvalue weighted by molar-refractivity contribution is 6.35. The summed E-state index contributed by atoms with van der Waals surface area (Å²) in [5.41, 5.74) is 0.799. The van der Waals surface area contributed by atoms with Crippen molar-refractivity contribution in [2.45, 2.75) is 19.8 Å². The number of aromatic nitrogens is 2. The lowest BCUT2D eigenvalue weighted by Gasteiger charge is -2.18. The van der Waals surface area contributed by atoms with Gasteiger partial charge < -0.3 is 10.2 Å². The zero-order chi connectivity index (χ0) is 15.2. The van der Waals surface area contributed by atoms with Crippen molar-refractivity contribution in [3.8, 4) is 0 Å². The Kier molecular flexibility index (Phi) is 5.65. The summed E-state index contributed by atoms with van der Waals surface area (Å²) < 4.78 is 0. The van der Waals surface area contributed by atoms with Gasteiger partial charge in [0, 0.05) is 35.4 Å². The lowest BCUT2D eigenvalue weighted by Crippen LogP contribution is -2.19. The van der Waals surface area contributed by atoms with Crippen molar-refractivity contribution in [1.29, 1.82) is 0 Å². The molecule has 1 heterocycles. The van der Waals surface area contributed by atoms with Crippen molar-refractivity contribution in [3.63, 3.8) is 0 Å². The summed E-state index contributed by atoms with van der Waals surface area (Å²) in [5, 5.41) is 4.36. The number of benzene rings is 1. The van der Waals surface area contributed by atoms with Crippen LogP contribution < -0.4 is 10.2 Å². The van der Waals surface area contributed by atoms with E-state index in [0.717, 1.165) is 30.9 Å². The zero-order valence-corrected chi connectivity index (χ0v) is 13.6. The van der Waals surface area contributed by atoms with E-state index in [-0.39, 0.29) is 0 Å². The number of nitrogens with zero attached hydrogens (tertiary/aromatic N) is 3. The Morgan fingerprint density at radius 2 is 1.81 bits per heavy atom. The van der Waals surface area contributed by atoms with Gasteiger partial charge in [0.1, 0.15) is 18.0 Å². The Balaban J connectivity index is 2.13. The smallest absolute Gasteiger partial charge is 0.135 e. The van der Waals surface area contributed by atoms with Crippen LogP contribution in [0.3, 0.4) is 0 Å². The van der Waals surface area contributed by atoms with E-state index >= 15 is 0 Å². The number of nitrogens with one attached hydrogen (secondary N) is 1. The highest BCUT2D eigenvalue weighted by atomic mass is 35.5. The summed E-state index contributed by atoms with van der Waals surface area (Å²) in [5.74, 6) is 1.59. The third-order valence-electron chi connectivity index (χ3n) is 3.03. The van der Waals surface area contributed by atoms with E-state index in [4.69, 9.17) is 23.2 Å². The van der Waals surface area contributed by atoms with E-state index in [0.29, 0.717) is 15.9 Å². The molecule has 1 aromatic carbocycles. The zero-order valence-electron chi connectivity index (χ0n) is 12.1. The van der Waals surface area contributed by atoms with Gasteiger partial charge in [-0.3, -0.25) is 0 Å². The van der Waals surface area contributed by atoms with Crippen LogP contribution in [0.1, 0.15) is 19.8 Å². The molecule has 0 saturated heterocycles. The quantitative estimate of drug-likeness (QED) is 0.831. The highest BCUT2D eigenvalue weighted by Crippen LogP contribution is 2.25. The molecule has 1 aromatic heterocycles. The van der Waals surface area contributed by atoms with Crippen molar-refractivity contribution in [2.24, 2.45) is 0 Å². The molecule has 0 aliphatic heterocycles. The van der Waals surface area contributed by atoms with Crippen molar-refractivity contribution >= 4 is 40.5 Å². The van der Waals surface area contributed by atoms with E-state index in [1.165, 1.54) is 0 Å². The minimum Gasteiger partial charge on any atom is -0.360 e. The maximum atomic E-state index is 5.99. The highest BCUT2D eigenvalue weighted by Gasteiger charge is 2.05. The molecule has 4 nitrogen and oxygen atoms in total. The first-order valence-corrected chi connectivity index (χ1v) is 7.60. The summed E-state index contributed by atoms with van der Waals surface area (Å²) in [6.07, 6.45) is 3.83. The molecule has 2 aromatic rings. The van der Waals surface area contributed by atoms with Crippen LogP contribution in [-0.4, -0.2) is 23.6 Å². The van der Waals surface area contributed by atoms with Crippen LogP contribution in [0.25, 0.3) is 0 Å². The minimum atomic E-state index is 0.583. The molecule has 0 amide bonds. The van der Waals surface area contributed by atoms with Gasteiger partial charge in [0.25, 0.3) is 0 Å². The van der Waals surface area contributed by atoms with Crippen molar-refractivity contribution in [2.75, 3.05) is 23.8 Å². The van der Waals surface area contributed by atoms with Crippen molar-refractivity contribution in [3.05, 3.63) is 40.6 Å². The molecular weight excluding hydrogens is 307 g/mol. The third-order valence-corrected chi connectivity index (χ3v) is 3.46. The fourth-order valence-corrected chi connectivity index (χ4v) is 2.43. The molecule has 0 aliphatic rings. The topological polar surface area (TPSA) is 41.0 Å². The van der Waals surface area contributed by atoms with Gasteiger partial charge in [-0.2, -0.15) is 0 Å². The van der Waals surface area contributed by atoms with Crippen LogP contribution in [0.15, 0.2) is 30.6 Å². The summed E-state index contributed by atoms with van der Waals surface area (Å²) in [6, 6.07) is 7.20. The monoisotopic (exact) mass is 324 g/mol. The maximum Gasteiger partial charge on any atom is 0.135 e. The molecule has 0 spiro atoms. The van der Waals surface area contributed by atoms with Crippen LogP contribution >= 0.6 is 23.2 Å². The molecule has 112 valence electrons. The average molecular weight is 325 g/mol. The first-order chi connectivity index (χ1) is 10.1. The fourth-order valence-electron chi connectivity index (χ4n) is 1.91. The summed E-state index contributed by atoms with van der Waals surface area (Å²) >= 11 is 12.0. The number of hydrogen-bond acceptors (Lipinski definition) is 4. The SMILES string of the molecule is CCCCN(C)c1cc(Nc2cc(Cl)cc(Cl)c2)ncn1. The van der Waals surface area contributed by atoms with E-state index < -0.39 is 0 Å². The van der Waals surface area contributed by atoms with E-state index in [1.54, 1.807) is 24.5 Å². The molecule has 6 heteroatoms. The second-order valence-corrected chi connectivity index (χ2v) is 5.69. The van der Waals surface area contributed by atoms with Crippen LogP contribution in [0.5, 0.6) is 0 Å². The molecule has 0 atom stereocenters. The molecule has 2 rings (SSSR count). The predicted octanol–water partition coefficient (Wildman–Crippen LogP) is 4.76. The number of halogens is 2. The van der Waals surface area contributed by atoms with Crippen LogP contribution in [0.2, 0.25) is 10.0 Å². The van der Waals surface area contributed by atoms with Gasteiger partial charge in [0.2, 0.25) is 0 Å². The van der Waals surface area contributed by atoms with Crippen LogP contribution in [0.4, 0.5) is 17.3 Å². The number of rotatable bonds is 6. The number of hydrogen-bond donors (Lipinski definition) is 1. The Morgan fingerprint density at radius 1 is 1.10 bits per heavy atom. The number of anilines is 3. The second-order valence-electron chi connectivity index (χ2n) is 4.82. The van der Waals surface area contributed by atoms with Gasteiger partial charge in [0.05, 0.1) is 0 Å². The normalized spacial score (nSPS) is 10.5. The largest absolute Gasteiger partial charge is 0.360 e. The van der Waals surface area contributed by atoms with Gasteiger partial charge in [0.15, 0.2) is 0 Å². The van der Waals surface area contributed by atoms with Crippen LogP contribution in [0, 0.1) is 0 Å². The summed E-state index contributed by atoms with van der Waals surface area (Å²) in [7, 11) is 2.03. The molecule has 0 unspecified atom stereocenters. The van der Waals surface area contributed by atoms with Crippen molar-refractivity contribution in [1.82, 2.24) is 9.97 Å². The minimum absolute atomic E-state index is 0.583. The summed E-state index contributed by atoms with van der Waals surface area (Å²) in [4.78, 5) is 10.6. The lowest BCUT2D eigenvalue weighted by molar-refractivity contribution is 0.758. The molecular formula is C15H18Cl2N4. The molecule has 1 N–H and O–H groups in total. The first kappa shape index (κ1) is 15.9. The van der Waals surface area contributed by atoms with Gasteiger partial charge in [-0.1, -0.05) is 36.5 Å². The molecule has 0 saturated carbocycles. The maximum absolute atomic E-state index is 5.99. The lowest BCUT2D eigenvalue weighted by atomic mass is 10.3. The number of unbranched alkanes of at least 4 members (excludes halogenated alkanes) is 1. The Bertz CT molecular complexity index is 584. The fraction of sp³-hybridized carbons (Fsp3) is 0.333. The van der Waals surface area contributed by atoms with E-state index in [9.17, 15) is 0 Å². The average Bonchev–Trinajstić information content (AvgIpc) is 2.44. The van der Waals surface area contributed by atoms with Gasteiger partial charge in [-0.15, -0.1) is 0 Å². The Labute approximate surface area is 135 Å². The van der Waals surface area contributed by atoms with Gasteiger partial charge in [-0.25, -0.2) is 9.97 Å². The summed E-state index contributed by atoms with van der Waals surface area (Å²) in [6.45, 7) is 3.14. The molecule has 0 fully saturated rings. The second kappa shape index (κ2) is 7.48. The molecule has 21 heavy (non-hydrogen) atoms. The van der Waals surface area contributed by atoms with Gasteiger partial charge >= 0.3 is 0 Å². The van der Waals surface area contributed by atoms with E-state index in [2.05, 4.69) is 27.1 Å². The Morgan fingerprint density at radius 3 is 2.48 bits per heavy atom. The van der Waals surface area contributed by atoms with Crippen molar-refractivity contribution < 1.29 is 0 Å². The molecule has 0 aliphatic carbocycles. The predicted molar refractivity (Wildman–Crippen MR) is 90.0 cm³/mol. The molecule has 0 radical (unpaired) electrons. The Hall–Kier alpha value is -1.52. The standard InChI is InChI=1S/C15H18Cl2N4/c1-3-4-5-21(2)15-9-14(18-10-19-15)20-13-7-11(16)6-12(17)8-13/h6-10H,3-5H2,1-2H3,(H,18,19,20). The van der Waals surface area contributed by atoms with E-state index in [1.807, 2.05) is 13.1 Å². The first-order valence-electron chi connectivity index (χ1n) is 6.85. The third kappa shape index (κ3) is 4.76. The molecule has 0 bridgehead atoms.